The van der Waals surface area contributed by atoms with Gasteiger partial charge in [-0.2, -0.15) is 5.10 Å². The zero-order valence-corrected chi connectivity index (χ0v) is 4.37. The molecule has 0 fully saturated rings. The molecule has 0 spiro atoms. The molecule has 0 aliphatic carbocycles. The van der Waals surface area contributed by atoms with Crippen LogP contribution in [0.25, 0.3) is 0 Å². The van der Waals surface area contributed by atoms with Crippen molar-refractivity contribution in [3.05, 3.63) is 11.8 Å². The Balaban J connectivity index is 2.68. The van der Waals surface area contributed by atoms with Crippen molar-refractivity contribution in [3.63, 3.8) is 0 Å². The second kappa shape index (κ2) is 2.17. The predicted octanol–water partition coefficient (Wildman–Crippen LogP) is -0.524. The molecule has 1 heterocycles. The highest BCUT2D eigenvalue weighted by molar-refractivity contribution is 5.90. The van der Waals surface area contributed by atoms with E-state index in [1.54, 1.807) is 0 Å². The van der Waals surface area contributed by atoms with E-state index in [9.17, 15) is 4.79 Å². The lowest BCUT2D eigenvalue weighted by molar-refractivity contribution is -0.138. The van der Waals surface area contributed by atoms with Gasteiger partial charge in [-0.25, -0.2) is 4.79 Å². The zero-order valence-electron chi connectivity index (χ0n) is 4.37. The van der Waals surface area contributed by atoms with Crippen LogP contribution in [0.15, 0.2) is 16.9 Å². The summed E-state index contributed by atoms with van der Waals surface area (Å²) < 4.78 is 0. The SMILES string of the molecule is O=C(O)C1=CC=NNO1. The molecule has 5 heteroatoms. The number of carboxylic acids is 1. The number of carboxylic acid groups (broad SMARTS) is 1. The summed E-state index contributed by atoms with van der Waals surface area (Å²) in [5, 5.41) is 11.6. The number of nitrogens with zero attached hydrogens (tertiary/aromatic N) is 1. The van der Waals surface area contributed by atoms with Crippen molar-refractivity contribution in [2.75, 3.05) is 0 Å². The minimum atomic E-state index is -1.12. The normalized spacial score (nSPS) is 15.3. The third kappa shape index (κ3) is 1.18. The third-order valence-corrected chi connectivity index (χ3v) is 0.720. The van der Waals surface area contributed by atoms with Gasteiger partial charge in [0.25, 0.3) is 0 Å². The second-order valence-corrected chi connectivity index (χ2v) is 1.31. The van der Waals surface area contributed by atoms with E-state index in [1.807, 2.05) is 5.59 Å². The van der Waals surface area contributed by atoms with Gasteiger partial charge < -0.3 is 9.94 Å². The smallest absolute Gasteiger partial charge is 0.374 e. The lowest BCUT2D eigenvalue weighted by atomic mass is 10.4. The van der Waals surface area contributed by atoms with Gasteiger partial charge in [0.2, 0.25) is 5.76 Å². The Morgan fingerprint density at radius 3 is 3.00 bits per heavy atom. The van der Waals surface area contributed by atoms with Gasteiger partial charge in [-0.15, -0.1) is 5.59 Å². The maximum absolute atomic E-state index is 10.1. The van der Waals surface area contributed by atoms with Crippen LogP contribution < -0.4 is 5.59 Å². The van der Waals surface area contributed by atoms with Crippen LogP contribution in [0.5, 0.6) is 0 Å². The lowest BCUT2D eigenvalue weighted by Gasteiger charge is -2.04. The highest BCUT2D eigenvalue weighted by atomic mass is 16.7. The minimum Gasteiger partial charge on any atom is -0.475 e. The van der Waals surface area contributed by atoms with Crippen molar-refractivity contribution in [1.82, 2.24) is 5.59 Å². The van der Waals surface area contributed by atoms with Crippen LogP contribution >= 0.6 is 0 Å². The Morgan fingerprint density at radius 2 is 2.67 bits per heavy atom. The third-order valence-electron chi connectivity index (χ3n) is 0.720. The quantitative estimate of drug-likeness (QED) is 0.498. The molecular formula is C4H4N2O3. The molecular weight excluding hydrogens is 124 g/mol. The number of nitrogens with one attached hydrogen (secondary N) is 1. The average Bonchev–Trinajstić information content (AvgIpc) is 1.90. The van der Waals surface area contributed by atoms with E-state index in [0.717, 1.165) is 0 Å². The fourth-order valence-corrected chi connectivity index (χ4v) is 0.360. The van der Waals surface area contributed by atoms with E-state index in [2.05, 4.69) is 9.94 Å². The number of hydrazone groups is 1. The van der Waals surface area contributed by atoms with E-state index in [-0.39, 0.29) is 5.76 Å². The molecule has 0 amide bonds. The van der Waals surface area contributed by atoms with E-state index in [0.29, 0.717) is 0 Å². The molecule has 0 saturated carbocycles. The first-order chi connectivity index (χ1) is 4.30. The first-order valence-corrected chi connectivity index (χ1v) is 2.19. The molecule has 0 aromatic carbocycles. The molecule has 9 heavy (non-hydrogen) atoms. The van der Waals surface area contributed by atoms with E-state index in [4.69, 9.17) is 5.11 Å². The van der Waals surface area contributed by atoms with Crippen molar-refractivity contribution in [1.29, 1.82) is 0 Å². The van der Waals surface area contributed by atoms with Gasteiger partial charge in [0.15, 0.2) is 0 Å². The number of hydrogen-bond donors (Lipinski definition) is 2. The Bertz CT molecular complexity index is 184. The molecule has 0 aromatic rings. The average molecular weight is 128 g/mol. The topological polar surface area (TPSA) is 70.9 Å². The van der Waals surface area contributed by atoms with Crippen LogP contribution in [-0.4, -0.2) is 17.3 Å². The van der Waals surface area contributed by atoms with Crippen LogP contribution in [0.3, 0.4) is 0 Å². The van der Waals surface area contributed by atoms with Crippen molar-refractivity contribution in [2.24, 2.45) is 5.10 Å². The van der Waals surface area contributed by atoms with Gasteiger partial charge in [-0.05, 0) is 0 Å². The summed E-state index contributed by atoms with van der Waals surface area (Å²) in [6.07, 6.45) is 2.55. The van der Waals surface area contributed by atoms with Gasteiger partial charge in [0.05, 0.1) is 6.21 Å². The number of carbonyl (C=O) groups is 1. The van der Waals surface area contributed by atoms with Gasteiger partial charge in [0.1, 0.15) is 0 Å². The van der Waals surface area contributed by atoms with Gasteiger partial charge >= 0.3 is 5.97 Å². The number of aliphatic carboxylic acids is 1. The fourth-order valence-electron chi connectivity index (χ4n) is 0.360. The first kappa shape index (κ1) is 5.61. The van der Waals surface area contributed by atoms with E-state index < -0.39 is 5.97 Å². The van der Waals surface area contributed by atoms with Crippen molar-refractivity contribution in [3.8, 4) is 0 Å². The van der Waals surface area contributed by atoms with Crippen LogP contribution in [0.1, 0.15) is 0 Å². The lowest BCUT2D eigenvalue weighted by Crippen LogP contribution is -2.16. The molecule has 1 aliphatic rings. The summed E-state index contributed by atoms with van der Waals surface area (Å²) in [6.45, 7) is 0. The number of hydrogen-bond acceptors (Lipinski definition) is 4. The summed E-state index contributed by atoms with van der Waals surface area (Å²) in [4.78, 5) is 14.4. The molecule has 5 nitrogen and oxygen atoms in total. The van der Waals surface area contributed by atoms with Crippen LogP contribution in [0.4, 0.5) is 0 Å². The monoisotopic (exact) mass is 128 g/mol. The molecule has 2 N–H and O–H groups in total. The summed E-state index contributed by atoms with van der Waals surface area (Å²) in [6, 6.07) is 0. The van der Waals surface area contributed by atoms with Gasteiger partial charge in [-0.3, -0.25) is 0 Å². The Morgan fingerprint density at radius 1 is 1.89 bits per heavy atom. The fraction of sp³-hybridized carbons (Fsp3) is 0. The van der Waals surface area contributed by atoms with Crippen molar-refractivity contribution < 1.29 is 14.7 Å². The molecule has 0 atom stereocenters. The minimum absolute atomic E-state index is 0.162. The Hall–Kier alpha value is -1.52. The summed E-state index contributed by atoms with van der Waals surface area (Å²) in [7, 11) is 0. The molecule has 0 radical (unpaired) electrons. The Kier molecular flexibility index (Phi) is 1.35. The van der Waals surface area contributed by atoms with Crippen molar-refractivity contribution in [2.45, 2.75) is 0 Å². The maximum Gasteiger partial charge on any atom is 0.374 e. The number of allylic oxidation sites excluding steroid dienone is 1. The number of rotatable bonds is 1. The predicted molar refractivity (Wildman–Crippen MR) is 28.4 cm³/mol. The molecule has 48 valence electrons. The van der Waals surface area contributed by atoms with Crippen LogP contribution in [0.2, 0.25) is 0 Å². The van der Waals surface area contributed by atoms with E-state index >= 15 is 0 Å². The molecule has 0 aromatic heterocycles. The van der Waals surface area contributed by atoms with Crippen LogP contribution in [0, 0.1) is 0 Å². The van der Waals surface area contributed by atoms with Crippen LogP contribution in [-0.2, 0) is 9.63 Å². The largest absolute Gasteiger partial charge is 0.475 e. The zero-order chi connectivity index (χ0) is 6.69. The standard InChI is InChI=1S/C4H4N2O3/c7-4(8)3-1-2-5-6-9-3/h1-2,6H,(H,7,8). The highest BCUT2D eigenvalue weighted by Crippen LogP contribution is 1.95. The first-order valence-electron chi connectivity index (χ1n) is 2.19. The molecule has 0 bridgehead atoms. The van der Waals surface area contributed by atoms with Gasteiger partial charge in [0, 0.05) is 6.08 Å². The Labute approximate surface area is 50.6 Å². The molecule has 1 aliphatic heterocycles. The maximum atomic E-state index is 10.1. The van der Waals surface area contributed by atoms with E-state index in [1.165, 1.54) is 12.3 Å². The van der Waals surface area contributed by atoms with Crippen molar-refractivity contribution >= 4 is 12.2 Å². The second-order valence-electron chi connectivity index (χ2n) is 1.31. The molecule has 1 rings (SSSR count). The molecule has 0 unspecified atom stereocenters. The summed E-state index contributed by atoms with van der Waals surface area (Å²) in [5.41, 5.74) is 2.04. The summed E-state index contributed by atoms with van der Waals surface area (Å²) >= 11 is 0. The van der Waals surface area contributed by atoms with Gasteiger partial charge in [-0.1, -0.05) is 0 Å². The highest BCUT2D eigenvalue weighted by Gasteiger charge is 2.08. The summed E-state index contributed by atoms with van der Waals surface area (Å²) in [5.74, 6) is -1.28. The molecule has 0 saturated heterocycles.